The standard InChI is InChI=1S/C24H33N5O2S2/c1-3-29(4-2)23-20-8-5-6-9-21(20)27-24(28-23)25-16-18-11-13-19(14-12-18)17-26-33(30,31)22-10-7-15-32-22/h5-10,15,18-19,26H,3-4,11-14,16-17H2,1-2H3,(H,25,27,28)/t18-,19-. The predicted molar refractivity (Wildman–Crippen MR) is 137 cm³/mol. The summed E-state index contributed by atoms with van der Waals surface area (Å²) in [5.74, 6) is 2.60. The predicted octanol–water partition coefficient (Wildman–Crippen LogP) is 4.73. The van der Waals surface area contributed by atoms with Crippen LogP contribution in [-0.2, 0) is 10.0 Å². The highest BCUT2D eigenvalue weighted by Gasteiger charge is 2.24. The molecule has 0 saturated heterocycles. The summed E-state index contributed by atoms with van der Waals surface area (Å²) < 4.78 is 27.9. The molecule has 1 aliphatic carbocycles. The molecule has 4 rings (SSSR count). The van der Waals surface area contributed by atoms with Crippen LogP contribution in [0.4, 0.5) is 11.8 Å². The molecule has 2 heterocycles. The molecular weight excluding hydrogens is 454 g/mol. The van der Waals surface area contributed by atoms with E-state index in [4.69, 9.17) is 9.97 Å². The molecule has 1 aromatic carbocycles. The van der Waals surface area contributed by atoms with Gasteiger partial charge < -0.3 is 10.2 Å². The first-order valence-corrected chi connectivity index (χ1v) is 14.1. The van der Waals surface area contributed by atoms with Gasteiger partial charge in [0.25, 0.3) is 0 Å². The van der Waals surface area contributed by atoms with Crippen molar-refractivity contribution in [3.05, 3.63) is 41.8 Å². The number of anilines is 2. The smallest absolute Gasteiger partial charge is 0.250 e. The number of aromatic nitrogens is 2. The Bertz CT molecular complexity index is 1140. The number of para-hydroxylation sites is 1. The zero-order chi connectivity index (χ0) is 23.3. The first kappa shape index (κ1) is 23.9. The van der Waals surface area contributed by atoms with E-state index < -0.39 is 10.0 Å². The van der Waals surface area contributed by atoms with Crippen LogP contribution in [0.1, 0.15) is 39.5 Å². The van der Waals surface area contributed by atoms with E-state index in [9.17, 15) is 8.42 Å². The average Bonchev–Trinajstić information content (AvgIpc) is 3.39. The van der Waals surface area contributed by atoms with Crippen LogP contribution in [0.5, 0.6) is 0 Å². The fourth-order valence-electron chi connectivity index (χ4n) is 4.49. The topological polar surface area (TPSA) is 87.2 Å². The van der Waals surface area contributed by atoms with Gasteiger partial charge in [-0.1, -0.05) is 18.2 Å². The molecule has 0 radical (unpaired) electrons. The highest BCUT2D eigenvalue weighted by atomic mass is 32.2. The van der Waals surface area contributed by atoms with Gasteiger partial charge >= 0.3 is 0 Å². The van der Waals surface area contributed by atoms with Gasteiger partial charge in [0.15, 0.2) is 0 Å². The fourth-order valence-corrected chi connectivity index (χ4v) is 6.65. The Kier molecular flexibility index (Phi) is 7.82. The molecule has 0 atom stereocenters. The number of nitrogens with zero attached hydrogens (tertiary/aromatic N) is 3. The molecule has 7 nitrogen and oxygen atoms in total. The quantitative estimate of drug-likeness (QED) is 0.430. The number of fused-ring (bicyclic) bond motifs is 1. The van der Waals surface area contributed by atoms with E-state index in [0.29, 0.717) is 28.5 Å². The van der Waals surface area contributed by atoms with Crippen molar-refractivity contribution in [2.45, 2.75) is 43.7 Å². The minimum absolute atomic E-state index is 0.389. The molecule has 0 unspecified atom stereocenters. The molecule has 2 aromatic heterocycles. The number of rotatable bonds is 10. The molecule has 0 spiro atoms. The van der Waals surface area contributed by atoms with E-state index in [-0.39, 0.29) is 0 Å². The van der Waals surface area contributed by atoms with E-state index in [0.717, 1.165) is 62.0 Å². The van der Waals surface area contributed by atoms with Crippen LogP contribution in [0.15, 0.2) is 46.0 Å². The van der Waals surface area contributed by atoms with Gasteiger partial charge in [0.05, 0.1) is 5.52 Å². The minimum Gasteiger partial charge on any atom is -0.356 e. The molecule has 0 amide bonds. The van der Waals surface area contributed by atoms with E-state index in [2.05, 4.69) is 34.9 Å². The van der Waals surface area contributed by atoms with Crippen LogP contribution < -0.4 is 14.9 Å². The van der Waals surface area contributed by atoms with E-state index in [1.165, 1.54) is 11.3 Å². The van der Waals surface area contributed by atoms with Crippen molar-refractivity contribution in [3.8, 4) is 0 Å². The summed E-state index contributed by atoms with van der Waals surface area (Å²) in [6, 6.07) is 11.6. The van der Waals surface area contributed by atoms with Crippen molar-refractivity contribution in [1.29, 1.82) is 0 Å². The molecule has 0 bridgehead atoms. The lowest BCUT2D eigenvalue weighted by atomic mass is 9.82. The van der Waals surface area contributed by atoms with Gasteiger partial charge in [-0.15, -0.1) is 11.3 Å². The molecule has 3 aromatic rings. The van der Waals surface area contributed by atoms with Gasteiger partial charge in [0, 0.05) is 31.6 Å². The highest BCUT2D eigenvalue weighted by Crippen LogP contribution is 2.30. The number of nitrogens with one attached hydrogen (secondary N) is 2. The van der Waals surface area contributed by atoms with Crippen molar-refractivity contribution in [1.82, 2.24) is 14.7 Å². The maximum atomic E-state index is 12.3. The molecule has 2 N–H and O–H groups in total. The van der Waals surface area contributed by atoms with Crippen molar-refractivity contribution >= 4 is 44.0 Å². The third-order valence-electron chi connectivity index (χ3n) is 6.48. The van der Waals surface area contributed by atoms with Crippen molar-refractivity contribution < 1.29 is 8.42 Å². The highest BCUT2D eigenvalue weighted by molar-refractivity contribution is 7.91. The lowest BCUT2D eigenvalue weighted by Gasteiger charge is -2.29. The van der Waals surface area contributed by atoms with Crippen LogP contribution in [0.2, 0.25) is 0 Å². The lowest BCUT2D eigenvalue weighted by Crippen LogP contribution is -2.32. The molecule has 1 fully saturated rings. The lowest BCUT2D eigenvalue weighted by molar-refractivity contribution is 0.284. The van der Waals surface area contributed by atoms with Crippen LogP contribution in [0.25, 0.3) is 10.9 Å². The Morgan fingerprint density at radius 3 is 2.33 bits per heavy atom. The molecule has 1 saturated carbocycles. The van der Waals surface area contributed by atoms with Gasteiger partial charge in [-0.2, -0.15) is 4.98 Å². The Hall–Kier alpha value is -2.23. The molecule has 33 heavy (non-hydrogen) atoms. The number of hydrogen-bond acceptors (Lipinski definition) is 7. The zero-order valence-electron chi connectivity index (χ0n) is 19.3. The van der Waals surface area contributed by atoms with Crippen LogP contribution in [-0.4, -0.2) is 44.6 Å². The van der Waals surface area contributed by atoms with Crippen LogP contribution in [0, 0.1) is 11.8 Å². The van der Waals surface area contributed by atoms with Crippen LogP contribution in [0.3, 0.4) is 0 Å². The minimum atomic E-state index is -3.37. The second-order valence-electron chi connectivity index (χ2n) is 8.61. The summed E-state index contributed by atoms with van der Waals surface area (Å²) in [6.45, 7) is 7.44. The maximum absolute atomic E-state index is 12.3. The average molecular weight is 488 g/mol. The first-order chi connectivity index (χ1) is 16.0. The summed E-state index contributed by atoms with van der Waals surface area (Å²) >= 11 is 1.25. The number of hydrogen-bond donors (Lipinski definition) is 2. The SMILES string of the molecule is CCN(CC)c1nc(NC[C@H]2CC[C@H](CNS(=O)(=O)c3cccs3)CC2)nc2ccccc12. The van der Waals surface area contributed by atoms with Gasteiger partial charge in [-0.05, 0) is 74.9 Å². The summed E-state index contributed by atoms with van der Waals surface area (Å²) in [5, 5.41) is 6.35. The van der Waals surface area contributed by atoms with Gasteiger partial charge in [0.1, 0.15) is 10.0 Å². The summed E-state index contributed by atoms with van der Waals surface area (Å²) in [7, 11) is -3.37. The number of sulfonamides is 1. The van der Waals surface area contributed by atoms with Crippen LogP contribution >= 0.6 is 11.3 Å². The van der Waals surface area contributed by atoms with E-state index >= 15 is 0 Å². The largest absolute Gasteiger partial charge is 0.356 e. The first-order valence-electron chi connectivity index (χ1n) is 11.8. The molecule has 0 aliphatic heterocycles. The third-order valence-corrected chi connectivity index (χ3v) is 9.30. The van der Waals surface area contributed by atoms with Gasteiger partial charge in [-0.25, -0.2) is 18.1 Å². The van der Waals surface area contributed by atoms with Crippen molar-refractivity contribution in [2.24, 2.45) is 11.8 Å². The Morgan fingerprint density at radius 2 is 1.67 bits per heavy atom. The van der Waals surface area contributed by atoms with E-state index in [1.54, 1.807) is 17.5 Å². The fraction of sp³-hybridized carbons (Fsp3) is 0.500. The number of benzene rings is 1. The maximum Gasteiger partial charge on any atom is 0.250 e. The van der Waals surface area contributed by atoms with Crippen molar-refractivity contribution in [2.75, 3.05) is 36.4 Å². The molecule has 1 aliphatic rings. The Balaban J connectivity index is 1.32. The third kappa shape index (κ3) is 5.83. The number of thiophene rings is 1. The normalized spacial score (nSPS) is 19.0. The summed E-state index contributed by atoms with van der Waals surface area (Å²) in [6.07, 6.45) is 4.22. The monoisotopic (exact) mass is 487 g/mol. The zero-order valence-corrected chi connectivity index (χ0v) is 21.0. The second-order valence-corrected chi connectivity index (χ2v) is 11.6. The van der Waals surface area contributed by atoms with Gasteiger partial charge in [0.2, 0.25) is 16.0 Å². The van der Waals surface area contributed by atoms with E-state index in [1.807, 2.05) is 18.2 Å². The molecule has 178 valence electrons. The Labute approximate surface area is 200 Å². The molecular formula is C24H33N5O2S2. The summed E-state index contributed by atoms with van der Waals surface area (Å²) in [5.41, 5.74) is 0.957. The van der Waals surface area contributed by atoms with Gasteiger partial charge in [-0.3, -0.25) is 0 Å². The summed E-state index contributed by atoms with van der Waals surface area (Å²) in [4.78, 5) is 11.9. The second kappa shape index (κ2) is 10.8. The molecule has 9 heteroatoms. The Morgan fingerprint density at radius 1 is 0.970 bits per heavy atom. The van der Waals surface area contributed by atoms with Crippen molar-refractivity contribution in [3.63, 3.8) is 0 Å².